The number of aromatic nitrogens is 3. The zero-order valence-corrected chi connectivity index (χ0v) is 18.6. The van der Waals surface area contributed by atoms with Gasteiger partial charge in [-0.15, -0.1) is 0 Å². The average molecular weight is 440 g/mol. The van der Waals surface area contributed by atoms with Gasteiger partial charge in [-0.05, 0) is 37.0 Å². The van der Waals surface area contributed by atoms with Gasteiger partial charge in [0.2, 0.25) is 0 Å². The molecule has 2 atom stereocenters. The molecule has 0 unspecified atom stereocenters. The largest absolute Gasteiger partial charge is 0.362 e. The topological polar surface area (TPSA) is 88.9 Å². The Morgan fingerprint density at radius 3 is 2.58 bits per heavy atom. The van der Waals surface area contributed by atoms with Gasteiger partial charge in [-0.1, -0.05) is 36.4 Å². The van der Waals surface area contributed by atoms with Crippen molar-refractivity contribution in [1.82, 2.24) is 20.1 Å². The van der Waals surface area contributed by atoms with Crippen molar-refractivity contribution in [3.8, 4) is 0 Å². The van der Waals surface area contributed by atoms with E-state index in [1.54, 1.807) is 29.2 Å². The SMILES string of the molecule is CC1=C(C(=O)Nc2ccccn2)[C@@H](c2cnn(C)c2)C2=C(C[C@@H](c3ccccc3)CC2=O)N1. The van der Waals surface area contributed by atoms with Crippen LogP contribution in [0.5, 0.6) is 0 Å². The normalized spacial score (nSPS) is 20.4. The first-order valence-corrected chi connectivity index (χ1v) is 11.0. The number of rotatable bonds is 4. The number of ketones is 1. The molecule has 0 bridgehead atoms. The minimum absolute atomic E-state index is 0.0575. The van der Waals surface area contributed by atoms with E-state index in [1.165, 1.54) is 0 Å². The number of Topliss-reactive ketones (excluding diaryl/α,β-unsaturated/α-hetero) is 1. The first-order valence-electron chi connectivity index (χ1n) is 11.0. The lowest BCUT2D eigenvalue weighted by Crippen LogP contribution is -2.37. The quantitative estimate of drug-likeness (QED) is 0.645. The van der Waals surface area contributed by atoms with Crippen LogP contribution in [0.2, 0.25) is 0 Å². The summed E-state index contributed by atoms with van der Waals surface area (Å²) in [7, 11) is 1.83. The lowest BCUT2D eigenvalue weighted by atomic mass is 9.72. The van der Waals surface area contributed by atoms with E-state index in [0.29, 0.717) is 29.8 Å². The van der Waals surface area contributed by atoms with Crippen molar-refractivity contribution in [2.24, 2.45) is 7.05 Å². The van der Waals surface area contributed by atoms with Crippen molar-refractivity contribution in [3.63, 3.8) is 0 Å². The van der Waals surface area contributed by atoms with Crippen molar-refractivity contribution in [1.29, 1.82) is 0 Å². The first kappa shape index (κ1) is 20.9. The number of carbonyl (C=O) groups excluding carboxylic acids is 2. The van der Waals surface area contributed by atoms with Gasteiger partial charge in [-0.3, -0.25) is 14.3 Å². The van der Waals surface area contributed by atoms with Crippen LogP contribution in [-0.2, 0) is 16.6 Å². The molecule has 2 aromatic heterocycles. The highest BCUT2D eigenvalue weighted by molar-refractivity contribution is 6.09. The van der Waals surface area contributed by atoms with Gasteiger partial charge >= 0.3 is 0 Å². The Balaban J connectivity index is 1.55. The molecule has 2 aliphatic rings. The van der Waals surface area contributed by atoms with Crippen LogP contribution in [0, 0.1) is 0 Å². The lowest BCUT2D eigenvalue weighted by Gasteiger charge is -2.36. The summed E-state index contributed by atoms with van der Waals surface area (Å²) >= 11 is 0. The molecule has 0 radical (unpaired) electrons. The van der Waals surface area contributed by atoms with Crippen LogP contribution >= 0.6 is 0 Å². The van der Waals surface area contributed by atoms with Gasteiger partial charge in [0.25, 0.3) is 5.91 Å². The minimum Gasteiger partial charge on any atom is -0.362 e. The number of allylic oxidation sites excluding steroid dienone is 3. The molecule has 1 aliphatic heterocycles. The molecule has 33 heavy (non-hydrogen) atoms. The molecule has 2 N–H and O–H groups in total. The lowest BCUT2D eigenvalue weighted by molar-refractivity contribution is -0.116. The number of dihydropyridines is 1. The molecular formula is C26H25N5O2. The Morgan fingerprint density at radius 2 is 1.88 bits per heavy atom. The maximum Gasteiger partial charge on any atom is 0.255 e. The molecule has 0 fully saturated rings. The maximum atomic E-state index is 13.5. The molecule has 1 aliphatic carbocycles. The average Bonchev–Trinajstić information content (AvgIpc) is 3.25. The van der Waals surface area contributed by atoms with E-state index in [0.717, 1.165) is 22.5 Å². The Labute approximate surface area is 192 Å². The molecule has 7 heteroatoms. The Hall–Kier alpha value is -4.00. The molecular weight excluding hydrogens is 414 g/mol. The molecule has 3 heterocycles. The van der Waals surface area contributed by atoms with Gasteiger partial charge in [0, 0.05) is 59.9 Å². The summed E-state index contributed by atoms with van der Waals surface area (Å²) < 4.78 is 1.70. The second kappa shape index (κ2) is 8.50. The Kier molecular flexibility index (Phi) is 5.38. The van der Waals surface area contributed by atoms with E-state index in [1.807, 2.05) is 44.4 Å². The van der Waals surface area contributed by atoms with Crippen molar-refractivity contribution < 1.29 is 9.59 Å². The summed E-state index contributed by atoms with van der Waals surface area (Å²) in [5.41, 5.74) is 4.77. The zero-order chi connectivity index (χ0) is 22.9. The fourth-order valence-electron chi connectivity index (χ4n) is 4.84. The summed E-state index contributed by atoms with van der Waals surface area (Å²) in [6, 6.07) is 15.5. The second-order valence-corrected chi connectivity index (χ2v) is 8.54. The number of nitrogens with one attached hydrogen (secondary N) is 2. The number of amides is 1. The Bertz CT molecular complexity index is 1270. The molecule has 0 spiro atoms. The van der Waals surface area contributed by atoms with Gasteiger partial charge in [-0.25, -0.2) is 4.98 Å². The van der Waals surface area contributed by atoms with E-state index < -0.39 is 5.92 Å². The number of aryl methyl sites for hydroxylation is 1. The van der Waals surface area contributed by atoms with Crippen LogP contribution in [0.15, 0.2) is 89.7 Å². The third kappa shape index (κ3) is 3.98. The summed E-state index contributed by atoms with van der Waals surface area (Å²) in [5, 5.41) is 10.6. The third-order valence-corrected chi connectivity index (χ3v) is 6.31. The molecule has 166 valence electrons. The molecule has 1 aromatic carbocycles. The van der Waals surface area contributed by atoms with Gasteiger partial charge in [0.1, 0.15) is 5.82 Å². The van der Waals surface area contributed by atoms with Gasteiger partial charge in [0.05, 0.1) is 6.20 Å². The second-order valence-electron chi connectivity index (χ2n) is 8.54. The minimum atomic E-state index is -0.483. The molecule has 0 saturated carbocycles. The molecule has 3 aromatic rings. The van der Waals surface area contributed by atoms with E-state index in [-0.39, 0.29) is 17.6 Å². The Morgan fingerprint density at radius 1 is 1.09 bits per heavy atom. The predicted octanol–water partition coefficient (Wildman–Crippen LogP) is 3.82. The van der Waals surface area contributed by atoms with Crippen LogP contribution in [-0.4, -0.2) is 26.5 Å². The number of hydrogen-bond acceptors (Lipinski definition) is 5. The number of benzene rings is 1. The van der Waals surface area contributed by atoms with Crippen LogP contribution in [0.1, 0.15) is 42.7 Å². The van der Waals surface area contributed by atoms with Gasteiger partial charge < -0.3 is 10.6 Å². The fraction of sp³-hybridized carbons (Fsp3) is 0.231. The van der Waals surface area contributed by atoms with E-state index in [9.17, 15) is 9.59 Å². The van der Waals surface area contributed by atoms with Gasteiger partial charge in [0.15, 0.2) is 5.78 Å². The molecule has 7 nitrogen and oxygen atoms in total. The smallest absolute Gasteiger partial charge is 0.255 e. The number of carbonyl (C=O) groups is 2. The highest BCUT2D eigenvalue weighted by Gasteiger charge is 2.41. The zero-order valence-electron chi connectivity index (χ0n) is 18.6. The van der Waals surface area contributed by atoms with E-state index in [2.05, 4.69) is 32.8 Å². The van der Waals surface area contributed by atoms with Gasteiger partial charge in [-0.2, -0.15) is 5.10 Å². The monoisotopic (exact) mass is 439 g/mol. The highest BCUT2D eigenvalue weighted by Crippen LogP contribution is 2.45. The standard InChI is InChI=1S/C26H25N5O2/c1-16-23(26(33)30-22-10-6-7-11-27-22)24(19-14-28-31(2)15-19)25-20(29-16)12-18(13-21(25)32)17-8-4-3-5-9-17/h3-11,14-15,18,24,29H,12-13H2,1-2H3,(H,27,30,33)/t18-,24-/m1/s1. The molecule has 0 saturated heterocycles. The fourth-order valence-corrected chi connectivity index (χ4v) is 4.84. The summed E-state index contributed by atoms with van der Waals surface area (Å²) in [5.74, 6) is -0.134. The van der Waals surface area contributed by atoms with Crippen LogP contribution in [0.4, 0.5) is 5.82 Å². The van der Waals surface area contributed by atoms with Crippen LogP contribution in [0.25, 0.3) is 0 Å². The van der Waals surface area contributed by atoms with Crippen LogP contribution < -0.4 is 10.6 Å². The van der Waals surface area contributed by atoms with Crippen molar-refractivity contribution in [2.75, 3.05) is 5.32 Å². The van der Waals surface area contributed by atoms with Crippen molar-refractivity contribution in [3.05, 3.63) is 101 Å². The molecule has 1 amide bonds. The number of nitrogens with zero attached hydrogens (tertiary/aromatic N) is 3. The van der Waals surface area contributed by atoms with E-state index in [4.69, 9.17) is 0 Å². The van der Waals surface area contributed by atoms with Crippen molar-refractivity contribution in [2.45, 2.75) is 31.6 Å². The summed E-state index contributed by atoms with van der Waals surface area (Å²) in [6.45, 7) is 1.89. The number of anilines is 1. The summed E-state index contributed by atoms with van der Waals surface area (Å²) in [6.07, 6.45) is 6.37. The van der Waals surface area contributed by atoms with Crippen LogP contribution in [0.3, 0.4) is 0 Å². The van der Waals surface area contributed by atoms with E-state index >= 15 is 0 Å². The highest BCUT2D eigenvalue weighted by atomic mass is 16.2. The first-order chi connectivity index (χ1) is 16.0. The maximum absolute atomic E-state index is 13.5. The molecule has 5 rings (SSSR count). The number of hydrogen-bond donors (Lipinski definition) is 2. The van der Waals surface area contributed by atoms with Crippen molar-refractivity contribution >= 4 is 17.5 Å². The number of pyridine rings is 1. The summed E-state index contributed by atoms with van der Waals surface area (Å²) in [4.78, 5) is 31.2. The third-order valence-electron chi connectivity index (χ3n) is 6.31. The predicted molar refractivity (Wildman–Crippen MR) is 125 cm³/mol.